The summed E-state index contributed by atoms with van der Waals surface area (Å²) in [6.07, 6.45) is 38.0. The van der Waals surface area contributed by atoms with Crippen molar-refractivity contribution in [2.45, 2.75) is 187 Å². The van der Waals surface area contributed by atoms with Gasteiger partial charge in [-0.05, 0) is 64.2 Å². The van der Waals surface area contributed by atoms with Gasteiger partial charge in [0.1, 0.15) is 6.61 Å². The van der Waals surface area contributed by atoms with Crippen molar-refractivity contribution in [3.05, 3.63) is 24.3 Å². The summed E-state index contributed by atoms with van der Waals surface area (Å²) in [6.45, 7) is 4.09. The van der Waals surface area contributed by atoms with Crippen molar-refractivity contribution in [2.75, 3.05) is 13.2 Å². The average Bonchev–Trinajstić information content (AvgIpc) is 2.99. The first-order chi connectivity index (χ1) is 20.6. The molecule has 0 saturated carbocycles. The molecule has 0 aromatic rings. The second kappa shape index (κ2) is 33.9. The molecular formula is C37H68O5. The zero-order valence-corrected chi connectivity index (χ0v) is 27.8. The van der Waals surface area contributed by atoms with E-state index < -0.39 is 6.10 Å². The Morgan fingerprint density at radius 1 is 0.524 bits per heavy atom. The topological polar surface area (TPSA) is 72.8 Å². The first-order valence-electron chi connectivity index (χ1n) is 17.9. The average molecular weight is 593 g/mol. The predicted octanol–water partition coefficient (Wildman–Crippen LogP) is 10.7. The molecule has 0 fully saturated rings. The van der Waals surface area contributed by atoms with Gasteiger partial charge in [0.25, 0.3) is 0 Å². The minimum Gasteiger partial charge on any atom is -0.462 e. The second-order valence-corrected chi connectivity index (χ2v) is 11.9. The fraction of sp³-hybridized carbons (Fsp3) is 0.838. The molecule has 0 aliphatic heterocycles. The fourth-order valence-electron chi connectivity index (χ4n) is 4.95. The SMILES string of the molecule is CCCCCC/C=C\CCCCCCCCCC(=O)OC[C@H](CO)OC(=O)CCCCCCC/C=C\CCCCCC. The van der Waals surface area contributed by atoms with Crippen molar-refractivity contribution in [1.29, 1.82) is 0 Å². The summed E-state index contributed by atoms with van der Waals surface area (Å²) in [5.41, 5.74) is 0. The zero-order chi connectivity index (χ0) is 30.8. The molecule has 0 heterocycles. The lowest BCUT2D eigenvalue weighted by Gasteiger charge is -2.15. The van der Waals surface area contributed by atoms with Gasteiger partial charge >= 0.3 is 11.9 Å². The van der Waals surface area contributed by atoms with Crippen LogP contribution in [-0.4, -0.2) is 36.4 Å². The van der Waals surface area contributed by atoms with E-state index in [4.69, 9.17) is 9.47 Å². The summed E-state index contributed by atoms with van der Waals surface area (Å²) in [5.74, 6) is -0.605. The number of carbonyl (C=O) groups is 2. The summed E-state index contributed by atoms with van der Waals surface area (Å²) in [6, 6.07) is 0. The summed E-state index contributed by atoms with van der Waals surface area (Å²) in [4.78, 5) is 24.1. The number of hydrogen-bond donors (Lipinski definition) is 1. The van der Waals surface area contributed by atoms with E-state index in [9.17, 15) is 14.7 Å². The third-order valence-corrected chi connectivity index (χ3v) is 7.72. The number of carbonyl (C=O) groups excluding carboxylic acids is 2. The molecule has 1 N–H and O–H groups in total. The second-order valence-electron chi connectivity index (χ2n) is 11.9. The molecule has 0 saturated heterocycles. The molecule has 42 heavy (non-hydrogen) atoms. The van der Waals surface area contributed by atoms with Crippen LogP contribution in [-0.2, 0) is 19.1 Å². The highest BCUT2D eigenvalue weighted by Gasteiger charge is 2.16. The minimum atomic E-state index is -0.772. The molecule has 0 aromatic carbocycles. The molecule has 0 spiro atoms. The van der Waals surface area contributed by atoms with E-state index in [-0.39, 0.29) is 25.2 Å². The molecule has 5 heteroatoms. The number of aliphatic hydroxyl groups is 1. The van der Waals surface area contributed by atoms with Crippen molar-refractivity contribution in [3.63, 3.8) is 0 Å². The van der Waals surface area contributed by atoms with Crippen LogP contribution in [0.2, 0.25) is 0 Å². The van der Waals surface area contributed by atoms with Crippen molar-refractivity contribution >= 4 is 11.9 Å². The van der Waals surface area contributed by atoms with E-state index in [1.165, 1.54) is 109 Å². The molecule has 0 aromatic heterocycles. The summed E-state index contributed by atoms with van der Waals surface area (Å²) >= 11 is 0. The summed E-state index contributed by atoms with van der Waals surface area (Å²) < 4.78 is 10.6. The van der Waals surface area contributed by atoms with E-state index in [1.807, 2.05) is 0 Å². The van der Waals surface area contributed by atoms with E-state index in [2.05, 4.69) is 38.2 Å². The maximum atomic E-state index is 12.1. The van der Waals surface area contributed by atoms with Crippen LogP contribution < -0.4 is 0 Å². The van der Waals surface area contributed by atoms with Crippen LogP contribution in [0, 0.1) is 0 Å². The molecule has 0 unspecified atom stereocenters. The van der Waals surface area contributed by atoms with E-state index in [1.54, 1.807) is 0 Å². The van der Waals surface area contributed by atoms with Gasteiger partial charge in [0.15, 0.2) is 6.10 Å². The normalized spacial score (nSPS) is 12.4. The highest BCUT2D eigenvalue weighted by atomic mass is 16.6. The molecule has 5 nitrogen and oxygen atoms in total. The van der Waals surface area contributed by atoms with Crippen LogP contribution in [0.4, 0.5) is 0 Å². The molecule has 0 radical (unpaired) electrons. The van der Waals surface area contributed by atoms with Crippen molar-refractivity contribution in [1.82, 2.24) is 0 Å². The quantitative estimate of drug-likeness (QED) is 0.0478. The minimum absolute atomic E-state index is 0.0691. The van der Waals surface area contributed by atoms with Gasteiger partial charge in [-0.3, -0.25) is 9.59 Å². The zero-order valence-electron chi connectivity index (χ0n) is 27.8. The van der Waals surface area contributed by atoms with Crippen molar-refractivity contribution in [2.24, 2.45) is 0 Å². The molecule has 0 aliphatic rings. The Balaban J connectivity index is 3.58. The Hall–Kier alpha value is -1.62. The van der Waals surface area contributed by atoms with Crippen molar-refractivity contribution < 1.29 is 24.2 Å². The molecule has 0 aliphatic carbocycles. The van der Waals surface area contributed by atoms with E-state index >= 15 is 0 Å². The lowest BCUT2D eigenvalue weighted by Crippen LogP contribution is -2.28. The molecular weight excluding hydrogens is 524 g/mol. The Kier molecular flexibility index (Phi) is 32.6. The first-order valence-corrected chi connectivity index (χ1v) is 17.9. The molecule has 246 valence electrons. The fourth-order valence-corrected chi connectivity index (χ4v) is 4.95. The maximum Gasteiger partial charge on any atom is 0.306 e. The molecule has 0 rings (SSSR count). The molecule has 0 amide bonds. The maximum absolute atomic E-state index is 12.1. The van der Waals surface area contributed by atoms with Crippen LogP contribution in [0.5, 0.6) is 0 Å². The number of rotatable bonds is 32. The third kappa shape index (κ3) is 31.3. The van der Waals surface area contributed by atoms with E-state index in [0.29, 0.717) is 12.8 Å². The van der Waals surface area contributed by atoms with Gasteiger partial charge in [0.05, 0.1) is 6.61 Å². The number of allylic oxidation sites excluding steroid dienone is 4. The smallest absolute Gasteiger partial charge is 0.306 e. The van der Waals surface area contributed by atoms with Crippen LogP contribution in [0.1, 0.15) is 181 Å². The summed E-state index contributed by atoms with van der Waals surface area (Å²) in [7, 11) is 0. The lowest BCUT2D eigenvalue weighted by molar-refractivity contribution is -0.161. The lowest BCUT2D eigenvalue weighted by atomic mass is 10.1. The van der Waals surface area contributed by atoms with Crippen LogP contribution in [0.15, 0.2) is 24.3 Å². The van der Waals surface area contributed by atoms with Crippen molar-refractivity contribution in [3.8, 4) is 0 Å². The third-order valence-electron chi connectivity index (χ3n) is 7.72. The predicted molar refractivity (Wildman–Crippen MR) is 178 cm³/mol. The Morgan fingerprint density at radius 3 is 1.29 bits per heavy atom. The van der Waals surface area contributed by atoms with Gasteiger partial charge in [-0.25, -0.2) is 0 Å². The van der Waals surface area contributed by atoms with Gasteiger partial charge in [0.2, 0.25) is 0 Å². The number of aliphatic hydroxyl groups excluding tert-OH is 1. The number of ether oxygens (including phenoxy) is 2. The number of hydrogen-bond acceptors (Lipinski definition) is 5. The van der Waals surface area contributed by atoms with Gasteiger partial charge in [-0.2, -0.15) is 0 Å². The van der Waals surface area contributed by atoms with Crippen LogP contribution in [0.3, 0.4) is 0 Å². The highest BCUT2D eigenvalue weighted by molar-refractivity contribution is 5.70. The largest absolute Gasteiger partial charge is 0.462 e. The molecule has 0 bridgehead atoms. The standard InChI is InChI=1S/C37H68O5/c1-3-5-7-9-11-13-15-17-18-20-21-23-25-27-29-31-36(39)41-34-35(33-38)42-37(40)32-30-28-26-24-22-19-16-14-12-10-8-6-4-2/h13-16,35,38H,3-12,17-34H2,1-2H3/b15-13-,16-14-/t35-/m0/s1. The molecule has 1 atom stereocenters. The number of esters is 2. The monoisotopic (exact) mass is 593 g/mol. The van der Waals surface area contributed by atoms with Gasteiger partial charge in [-0.1, -0.05) is 128 Å². The summed E-state index contributed by atoms with van der Waals surface area (Å²) in [5, 5.41) is 9.51. The Labute approximate surface area is 260 Å². The van der Waals surface area contributed by atoms with Crippen LogP contribution >= 0.6 is 0 Å². The first kappa shape index (κ1) is 40.4. The van der Waals surface area contributed by atoms with Crippen LogP contribution in [0.25, 0.3) is 0 Å². The van der Waals surface area contributed by atoms with Gasteiger partial charge < -0.3 is 14.6 Å². The van der Waals surface area contributed by atoms with Gasteiger partial charge in [0, 0.05) is 12.8 Å². The number of unbranched alkanes of at least 4 members (excludes halogenated alkanes) is 20. The van der Waals surface area contributed by atoms with E-state index in [0.717, 1.165) is 44.9 Å². The van der Waals surface area contributed by atoms with Gasteiger partial charge in [-0.15, -0.1) is 0 Å². The Bertz CT molecular complexity index is 642. The Morgan fingerprint density at radius 2 is 0.881 bits per heavy atom. The highest BCUT2D eigenvalue weighted by Crippen LogP contribution is 2.12.